The maximum Gasteiger partial charge on any atom is 0.248 e. The molecule has 96 valence electrons. The van der Waals surface area contributed by atoms with Crippen LogP contribution in [0.1, 0.15) is 51.3 Å². The molecular weight excluding hydrogens is 222 g/mol. The Bertz CT molecular complexity index is 371. The zero-order valence-electron chi connectivity index (χ0n) is 10.5. The smallest absolute Gasteiger partial charge is 0.248 e. The fourth-order valence-corrected chi connectivity index (χ4v) is 2.62. The Kier molecular flexibility index (Phi) is 3.50. The van der Waals surface area contributed by atoms with Gasteiger partial charge in [-0.05, 0) is 18.8 Å². The quantitative estimate of drug-likeness (QED) is 0.784. The topological polar surface area (TPSA) is 17.8 Å². The van der Waals surface area contributed by atoms with Crippen molar-refractivity contribution < 1.29 is 8.78 Å². The maximum atomic E-state index is 13.0. The molecule has 1 fully saturated rings. The second-order valence-electron chi connectivity index (χ2n) is 5.39. The predicted molar refractivity (Wildman–Crippen MR) is 63.2 cm³/mol. The Balaban J connectivity index is 1.88. The molecule has 0 spiro atoms. The van der Waals surface area contributed by atoms with Crippen LogP contribution in [0.5, 0.6) is 0 Å². The van der Waals surface area contributed by atoms with Crippen LogP contribution >= 0.6 is 0 Å². The molecule has 1 aromatic rings. The Morgan fingerprint density at radius 1 is 1.53 bits per heavy atom. The number of aryl methyl sites for hydroxylation is 1. The molecule has 2 rings (SSSR count). The van der Waals surface area contributed by atoms with E-state index in [4.69, 9.17) is 0 Å². The van der Waals surface area contributed by atoms with Crippen LogP contribution in [0.25, 0.3) is 0 Å². The minimum absolute atomic E-state index is 0.0681. The molecule has 0 unspecified atom stereocenters. The summed E-state index contributed by atoms with van der Waals surface area (Å²) >= 11 is 0. The van der Waals surface area contributed by atoms with Crippen LogP contribution < -0.4 is 0 Å². The number of nitrogens with zero attached hydrogens (tertiary/aromatic N) is 2. The van der Waals surface area contributed by atoms with E-state index in [9.17, 15) is 8.78 Å². The van der Waals surface area contributed by atoms with E-state index in [0.29, 0.717) is 12.3 Å². The molecule has 1 aromatic heterocycles. The molecule has 0 saturated heterocycles. The summed E-state index contributed by atoms with van der Waals surface area (Å²) in [4.78, 5) is 4.30. The molecule has 17 heavy (non-hydrogen) atoms. The predicted octanol–water partition coefficient (Wildman–Crippen LogP) is 3.83. The van der Waals surface area contributed by atoms with E-state index < -0.39 is 5.92 Å². The Hall–Kier alpha value is -0.930. The summed E-state index contributed by atoms with van der Waals surface area (Å²) < 4.78 is 28.2. The summed E-state index contributed by atoms with van der Waals surface area (Å²) in [5.41, 5.74) is 0. The zero-order valence-corrected chi connectivity index (χ0v) is 10.5. The number of halogens is 2. The summed E-state index contributed by atoms with van der Waals surface area (Å²) in [6.45, 7) is 5.01. The molecule has 0 amide bonds. The van der Waals surface area contributed by atoms with Gasteiger partial charge in [0.05, 0.1) is 0 Å². The summed E-state index contributed by atoms with van der Waals surface area (Å²) in [5.74, 6) is -0.808. The first-order valence-corrected chi connectivity index (χ1v) is 6.37. The van der Waals surface area contributed by atoms with Gasteiger partial charge in [0.25, 0.3) is 0 Å². The lowest BCUT2D eigenvalue weighted by atomic mass is 10.0. The minimum Gasteiger partial charge on any atom is -0.335 e. The lowest BCUT2D eigenvalue weighted by Gasteiger charge is -2.13. The molecule has 0 aromatic carbocycles. The lowest BCUT2D eigenvalue weighted by Crippen LogP contribution is -2.11. The first-order valence-electron chi connectivity index (χ1n) is 6.37. The first-order chi connectivity index (χ1) is 7.98. The molecule has 1 aliphatic carbocycles. The van der Waals surface area contributed by atoms with E-state index in [-0.39, 0.29) is 18.8 Å². The van der Waals surface area contributed by atoms with Crippen LogP contribution in [0.4, 0.5) is 8.78 Å². The fourth-order valence-electron chi connectivity index (χ4n) is 2.62. The van der Waals surface area contributed by atoms with E-state index >= 15 is 0 Å². The summed E-state index contributed by atoms with van der Waals surface area (Å²) in [5, 5.41) is 0. The number of hydrogen-bond acceptors (Lipinski definition) is 1. The third-order valence-corrected chi connectivity index (χ3v) is 3.55. The van der Waals surface area contributed by atoms with Crippen molar-refractivity contribution in [2.75, 3.05) is 0 Å². The van der Waals surface area contributed by atoms with E-state index in [1.165, 1.54) is 0 Å². The van der Waals surface area contributed by atoms with Gasteiger partial charge in [0.1, 0.15) is 5.82 Å². The van der Waals surface area contributed by atoms with Crippen LogP contribution in [0.2, 0.25) is 0 Å². The second kappa shape index (κ2) is 4.75. The molecule has 0 radical (unpaired) electrons. The van der Waals surface area contributed by atoms with E-state index in [2.05, 4.69) is 23.4 Å². The van der Waals surface area contributed by atoms with Gasteiger partial charge in [-0.2, -0.15) is 0 Å². The van der Waals surface area contributed by atoms with Gasteiger partial charge in [0.2, 0.25) is 5.92 Å². The largest absolute Gasteiger partial charge is 0.335 e. The molecule has 2 nitrogen and oxygen atoms in total. The van der Waals surface area contributed by atoms with Crippen LogP contribution in [-0.4, -0.2) is 15.5 Å². The Morgan fingerprint density at radius 2 is 2.29 bits per heavy atom. The standard InChI is InChI=1S/C13H20F2N2/c1-10(2)12-16-6-8-17(12)7-4-11-3-5-13(14,15)9-11/h6,8,10-11H,3-5,7,9H2,1-2H3/t11-/m0/s1. The van der Waals surface area contributed by atoms with Gasteiger partial charge in [-0.15, -0.1) is 0 Å². The second-order valence-corrected chi connectivity index (χ2v) is 5.39. The molecule has 1 aliphatic rings. The van der Waals surface area contributed by atoms with Gasteiger partial charge in [0.15, 0.2) is 0 Å². The van der Waals surface area contributed by atoms with Crippen molar-refractivity contribution in [2.24, 2.45) is 5.92 Å². The highest BCUT2D eigenvalue weighted by molar-refractivity contribution is 4.97. The molecular formula is C13H20F2N2. The van der Waals surface area contributed by atoms with E-state index in [1.54, 1.807) is 6.20 Å². The van der Waals surface area contributed by atoms with Crippen molar-refractivity contribution >= 4 is 0 Å². The average molecular weight is 242 g/mol. The van der Waals surface area contributed by atoms with Gasteiger partial charge in [-0.1, -0.05) is 13.8 Å². The highest BCUT2D eigenvalue weighted by atomic mass is 19.3. The highest BCUT2D eigenvalue weighted by Crippen LogP contribution is 2.40. The Morgan fingerprint density at radius 3 is 2.88 bits per heavy atom. The number of imidazole rings is 1. The normalized spacial score (nSPS) is 23.5. The molecule has 4 heteroatoms. The summed E-state index contributed by atoms with van der Waals surface area (Å²) in [6, 6.07) is 0. The number of hydrogen-bond donors (Lipinski definition) is 0. The SMILES string of the molecule is CC(C)c1nccn1CC[C@@H]1CCC(F)(F)C1. The van der Waals surface area contributed by atoms with E-state index in [1.807, 2.05) is 6.20 Å². The van der Waals surface area contributed by atoms with Crippen LogP contribution in [0, 0.1) is 5.92 Å². The van der Waals surface area contributed by atoms with Crippen LogP contribution in [-0.2, 0) is 6.54 Å². The monoisotopic (exact) mass is 242 g/mol. The number of alkyl halides is 2. The van der Waals surface area contributed by atoms with E-state index in [0.717, 1.165) is 18.8 Å². The molecule has 0 N–H and O–H groups in total. The summed E-state index contributed by atoms with van der Waals surface area (Å²) in [6.07, 6.45) is 5.38. The maximum absolute atomic E-state index is 13.0. The van der Waals surface area contributed by atoms with Crippen LogP contribution in [0.15, 0.2) is 12.4 Å². The molecule has 1 saturated carbocycles. The summed E-state index contributed by atoms with van der Waals surface area (Å²) in [7, 11) is 0. The van der Waals surface area contributed by atoms with Gasteiger partial charge >= 0.3 is 0 Å². The molecule has 1 heterocycles. The van der Waals surface area contributed by atoms with Crippen molar-refractivity contribution in [3.05, 3.63) is 18.2 Å². The Labute approximate surface area is 101 Å². The average Bonchev–Trinajstić information content (AvgIpc) is 2.81. The van der Waals surface area contributed by atoms with Gasteiger partial charge < -0.3 is 4.57 Å². The molecule has 1 atom stereocenters. The van der Waals surface area contributed by atoms with Crippen molar-refractivity contribution in [2.45, 2.75) is 57.9 Å². The van der Waals surface area contributed by atoms with Gasteiger partial charge in [0, 0.05) is 37.7 Å². The van der Waals surface area contributed by atoms with Crippen molar-refractivity contribution in [3.63, 3.8) is 0 Å². The van der Waals surface area contributed by atoms with Gasteiger partial charge in [-0.3, -0.25) is 0 Å². The first kappa shape index (κ1) is 12.5. The number of aromatic nitrogens is 2. The fraction of sp³-hybridized carbons (Fsp3) is 0.769. The molecule has 0 aliphatic heterocycles. The zero-order chi connectivity index (χ0) is 12.5. The lowest BCUT2D eigenvalue weighted by molar-refractivity contribution is 0.00455. The third-order valence-electron chi connectivity index (χ3n) is 3.55. The van der Waals surface area contributed by atoms with Crippen molar-refractivity contribution in [3.8, 4) is 0 Å². The molecule has 0 bridgehead atoms. The highest BCUT2D eigenvalue weighted by Gasteiger charge is 2.38. The minimum atomic E-state index is -2.42. The van der Waals surface area contributed by atoms with Gasteiger partial charge in [-0.25, -0.2) is 13.8 Å². The van der Waals surface area contributed by atoms with Crippen molar-refractivity contribution in [1.29, 1.82) is 0 Å². The number of rotatable bonds is 4. The third kappa shape index (κ3) is 3.05. The van der Waals surface area contributed by atoms with Crippen molar-refractivity contribution in [1.82, 2.24) is 9.55 Å². The van der Waals surface area contributed by atoms with Crippen LogP contribution in [0.3, 0.4) is 0 Å².